The van der Waals surface area contributed by atoms with Crippen molar-refractivity contribution in [2.24, 2.45) is 11.8 Å². The SMILES string of the molecule is CSC(=CN1CCC(C(=O)N2CC[C@H](c3ccccc3)C2)C(C(=O)O)C1)[N+](=O)[O-]. The van der Waals surface area contributed by atoms with Crippen LogP contribution in [0.1, 0.15) is 24.3 Å². The van der Waals surface area contributed by atoms with Gasteiger partial charge in [0.05, 0.1) is 23.0 Å². The zero-order valence-electron chi connectivity index (χ0n) is 16.3. The lowest BCUT2D eigenvalue weighted by atomic mass is 9.84. The van der Waals surface area contributed by atoms with Crippen molar-refractivity contribution in [3.63, 3.8) is 0 Å². The molecule has 1 aromatic rings. The van der Waals surface area contributed by atoms with Crippen LogP contribution in [0, 0.1) is 22.0 Å². The molecule has 2 unspecified atom stereocenters. The van der Waals surface area contributed by atoms with Crippen LogP contribution in [0.2, 0.25) is 0 Å². The third-order valence-electron chi connectivity index (χ3n) is 5.73. The lowest BCUT2D eigenvalue weighted by Gasteiger charge is -2.36. The van der Waals surface area contributed by atoms with Gasteiger partial charge in [-0.15, -0.1) is 0 Å². The molecule has 1 N–H and O–H groups in total. The minimum absolute atomic E-state index is 0.0378. The molecule has 0 aromatic heterocycles. The van der Waals surface area contributed by atoms with Crippen LogP contribution in [0.3, 0.4) is 0 Å². The molecule has 1 aromatic carbocycles. The number of aliphatic carboxylic acids is 1. The predicted molar refractivity (Wildman–Crippen MR) is 110 cm³/mol. The number of piperidine rings is 1. The molecule has 3 rings (SSSR count). The van der Waals surface area contributed by atoms with Gasteiger partial charge in [0, 0.05) is 32.1 Å². The summed E-state index contributed by atoms with van der Waals surface area (Å²) in [5.74, 6) is -2.35. The molecule has 29 heavy (non-hydrogen) atoms. The summed E-state index contributed by atoms with van der Waals surface area (Å²) in [6, 6.07) is 10.0. The molecule has 1 amide bonds. The quantitative estimate of drug-likeness (QED) is 0.558. The third kappa shape index (κ3) is 4.90. The van der Waals surface area contributed by atoms with E-state index in [1.54, 1.807) is 16.1 Å². The lowest BCUT2D eigenvalue weighted by Crippen LogP contribution is -2.48. The van der Waals surface area contributed by atoms with Crippen LogP contribution in [0.5, 0.6) is 0 Å². The lowest BCUT2D eigenvalue weighted by molar-refractivity contribution is -0.411. The van der Waals surface area contributed by atoms with E-state index in [-0.39, 0.29) is 23.4 Å². The molecular formula is C20H25N3O5S. The van der Waals surface area contributed by atoms with Gasteiger partial charge in [0.15, 0.2) is 0 Å². The van der Waals surface area contributed by atoms with Gasteiger partial charge in [-0.3, -0.25) is 19.7 Å². The number of hydrogen-bond donors (Lipinski definition) is 1. The Bertz CT molecular complexity index is 801. The summed E-state index contributed by atoms with van der Waals surface area (Å²) in [5, 5.41) is 20.7. The number of hydrogen-bond acceptors (Lipinski definition) is 6. The molecule has 8 nitrogen and oxygen atoms in total. The van der Waals surface area contributed by atoms with E-state index in [9.17, 15) is 24.8 Å². The van der Waals surface area contributed by atoms with Crippen molar-refractivity contribution < 1.29 is 19.6 Å². The molecule has 0 radical (unpaired) electrons. The number of thioether (sulfide) groups is 1. The minimum atomic E-state index is -1.04. The number of carboxylic acids is 1. The Hall–Kier alpha value is -2.55. The smallest absolute Gasteiger partial charge is 0.318 e. The summed E-state index contributed by atoms with van der Waals surface area (Å²) in [6.07, 6.45) is 4.24. The largest absolute Gasteiger partial charge is 0.481 e. The van der Waals surface area contributed by atoms with Crippen molar-refractivity contribution in [1.29, 1.82) is 0 Å². The topological polar surface area (TPSA) is 104 Å². The second-order valence-corrected chi connectivity index (χ2v) is 8.27. The maximum Gasteiger partial charge on any atom is 0.318 e. The number of likely N-dealkylation sites (tertiary alicyclic amines) is 2. The number of nitrogens with zero attached hydrogens (tertiary/aromatic N) is 3. The van der Waals surface area contributed by atoms with Gasteiger partial charge in [0.2, 0.25) is 5.91 Å². The predicted octanol–water partition coefficient (Wildman–Crippen LogP) is 2.46. The Morgan fingerprint density at radius 1 is 1.17 bits per heavy atom. The van der Waals surface area contributed by atoms with Crippen molar-refractivity contribution in [3.05, 3.63) is 57.2 Å². The fourth-order valence-electron chi connectivity index (χ4n) is 4.16. The molecule has 2 heterocycles. The summed E-state index contributed by atoms with van der Waals surface area (Å²) in [4.78, 5) is 38.9. The summed E-state index contributed by atoms with van der Waals surface area (Å²) >= 11 is 1.00. The van der Waals surface area contributed by atoms with Gasteiger partial charge in [0.25, 0.3) is 0 Å². The number of rotatable bonds is 6. The zero-order valence-corrected chi connectivity index (χ0v) is 17.1. The average molecular weight is 420 g/mol. The fraction of sp³-hybridized carbons (Fsp3) is 0.500. The van der Waals surface area contributed by atoms with Gasteiger partial charge in [-0.1, -0.05) is 42.1 Å². The zero-order chi connectivity index (χ0) is 21.0. The van der Waals surface area contributed by atoms with Gasteiger partial charge in [-0.25, -0.2) is 0 Å². The van der Waals surface area contributed by atoms with E-state index in [1.165, 1.54) is 11.8 Å². The van der Waals surface area contributed by atoms with E-state index in [1.807, 2.05) is 18.2 Å². The first-order valence-electron chi connectivity index (χ1n) is 9.61. The summed E-state index contributed by atoms with van der Waals surface area (Å²) < 4.78 is 0. The van der Waals surface area contributed by atoms with Crippen molar-refractivity contribution in [2.75, 3.05) is 32.4 Å². The number of carbonyl (C=O) groups is 2. The van der Waals surface area contributed by atoms with Crippen molar-refractivity contribution in [1.82, 2.24) is 9.80 Å². The van der Waals surface area contributed by atoms with E-state index in [4.69, 9.17) is 0 Å². The van der Waals surface area contributed by atoms with Crippen molar-refractivity contribution in [3.8, 4) is 0 Å². The Morgan fingerprint density at radius 3 is 2.52 bits per heavy atom. The maximum absolute atomic E-state index is 13.1. The molecule has 2 fully saturated rings. The first kappa shape index (κ1) is 21.2. The van der Waals surface area contributed by atoms with Gasteiger partial charge >= 0.3 is 11.0 Å². The van der Waals surface area contributed by atoms with E-state index in [0.29, 0.717) is 26.1 Å². The maximum atomic E-state index is 13.1. The Labute approximate surface area is 173 Å². The highest BCUT2D eigenvalue weighted by molar-refractivity contribution is 8.02. The highest BCUT2D eigenvalue weighted by atomic mass is 32.2. The monoisotopic (exact) mass is 419 g/mol. The Balaban J connectivity index is 1.68. The van der Waals surface area contributed by atoms with Crippen LogP contribution in [-0.4, -0.2) is 64.1 Å². The summed E-state index contributed by atoms with van der Waals surface area (Å²) in [7, 11) is 0. The van der Waals surface area contributed by atoms with Crippen LogP contribution < -0.4 is 0 Å². The first-order chi connectivity index (χ1) is 13.9. The Kier molecular flexibility index (Phi) is 6.79. The van der Waals surface area contributed by atoms with Crippen LogP contribution in [0.4, 0.5) is 0 Å². The summed E-state index contributed by atoms with van der Waals surface area (Å²) in [6.45, 7) is 1.75. The standard InChI is InChI=1S/C20H25N3O5S/c1-29-18(23(27)28)13-21-9-8-16(17(12-21)20(25)26)19(24)22-10-7-15(11-22)14-5-3-2-4-6-14/h2-6,13,15-17H,7-12H2,1H3,(H,25,26)/t15-,16?,17?/m0/s1. The first-order valence-corrected chi connectivity index (χ1v) is 10.8. The van der Waals surface area contributed by atoms with Gasteiger partial charge in [-0.05, 0) is 24.7 Å². The number of carboxylic acid groups (broad SMARTS) is 1. The highest BCUT2D eigenvalue weighted by Crippen LogP contribution is 2.32. The molecule has 0 bridgehead atoms. The van der Waals surface area contributed by atoms with Gasteiger partial charge < -0.3 is 14.9 Å². The average Bonchev–Trinajstić information content (AvgIpc) is 3.22. The normalized spacial score (nSPS) is 25.1. The number of benzene rings is 1. The molecule has 3 atom stereocenters. The number of amides is 1. The van der Waals surface area contributed by atoms with E-state index >= 15 is 0 Å². The van der Waals surface area contributed by atoms with Crippen molar-refractivity contribution in [2.45, 2.75) is 18.8 Å². The molecule has 2 saturated heterocycles. The second kappa shape index (κ2) is 9.30. The third-order valence-corrected chi connectivity index (χ3v) is 6.40. The molecule has 2 aliphatic heterocycles. The number of nitro groups is 1. The number of carbonyl (C=O) groups excluding carboxylic acids is 1. The second-order valence-electron chi connectivity index (χ2n) is 7.44. The highest BCUT2D eigenvalue weighted by Gasteiger charge is 2.41. The minimum Gasteiger partial charge on any atom is -0.481 e. The van der Waals surface area contributed by atoms with E-state index < -0.39 is 22.7 Å². The molecule has 0 saturated carbocycles. The van der Waals surface area contributed by atoms with E-state index in [2.05, 4.69) is 12.1 Å². The molecule has 0 aliphatic carbocycles. The summed E-state index contributed by atoms with van der Waals surface area (Å²) in [5.41, 5.74) is 1.20. The molecule has 9 heteroatoms. The van der Waals surface area contributed by atoms with Crippen LogP contribution in [-0.2, 0) is 9.59 Å². The van der Waals surface area contributed by atoms with Crippen molar-refractivity contribution >= 4 is 23.6 Å². The molecule has 0 spiro atoms. The molecule has 2 aliphatic rings. The van der Waals surface area contributed by atoms with Gasteiger partial charge in [-0.2, -0.15) is 0 Å². The van der Waals surface area contributed by atoms with Crippen LogP contribution >= 0.6 is 11.8 Å². The van der Waals surface area contributed by atoms with E-state index in [0.717, 1.165) is 18.2 Å². The fourth-order valence-corrected chi connectivity index (χ4v) is 4.57. The molecular weight excluding hydrogens is 394 g/mol. The Morgan fingerprint density at radius 2 is 1.90 bits per heavy atom. The van der Waals surface area contributed by atoms with Crippen LogP contribution in [0.15, 0.2) is 41.6 Å². The van der Waals surface area contributed by atoms with Gasteiger partial charge in [0.1, 0.15) is 0 Å². The van der Waals surface area contributed by atoms with Crippen LogP contribution in [0.25, 0.3) is 0 Å². The molecule has 156 valence electrons.